The molecule has 0 radical (unpaired) electrons. The van der Waals surface area contributed by atoms with Crippen LogP contribution >= 0.6 is 11.3 Å². The second kappa shape index (κ2) is 10.5. The van der Waals surface area contributed by atoms with Gasteiger partial charge < -0.3 is 0 Å². The van der Waals surface area contributed by atoms with Crippen molar-refractivity contribution < 1.29 is 4.57 Å². The van der Waals surface area contributed by atoms with E-state index in [1.807, 2.05) is 11.3 Å². The first kappa shape index (κ1) is 28.4. The van der Waals surface area contributed by atoms with Crippen molar-refractivity contribution in [2.24, 2.45) is 7.05 Å². The highest BCUT2D eigenvalue weighted by atomic mass is 32.1. The molecule has 0 N–H and O–H groups in total. The fraction of sp³-hybridized carbons (Fsp3) is 0.316. The molecule has 0 aliphatic rings. The van der Waals surface area contributed by atoms with Crippen molar-refractivity contribution in [2.45, 2.75) is 72.6 Å². The van der Waals surface area contributed by atoms with Crippen LogP contribution in [0.3, 0.4) is 0 Å². The third-order valence-electron chi connectivity index (χ3n) is 8.39. The molecular formula is C38H42N3S+. The van der Waals surface area contributed by atoms with Gasteiger partial charge in [0.05, 0.1) is 27.8 Å². The summed E-state index contributed by atoms with van der Waals surface area (Å²) >= 11 is 1.85. The molecule has 0 unspecified atom stereocenters. The number of hydrogen-bond acceptors (Lipinski definition) is 2. The van der Waals surface area contributed by atoms with E-state index in [4.69, 9.17) is 4.98 Å². The fourth-order valence-electron chi connectivity index (χ4n) is 6.13. The maximum absolute atomic E-state index is 5.13. The second-order valence-electron chi connectivity index (χ2n) is 13.3. The summed E-state index contributed by atoms with van der Waals surface area (Å²) in [6.45, 7) is 18.3. The number of hydrogen-bond donors (Lipinski definition) is 0. The van der Waals surface area contributed by atoms with Crippen molar-refractivity contribution in [1.82, 2.24) is 9.55 Å². The summed E-state index contributed by atoms with van der Waals surface area (Å²) in [4.78, 5) is 5.13. The van der Waals surface area contributed by atoms with Gasteiger partial charge >= 0.3 is 0 Å². The molecular weight excluding hydrogens is 531 g/mol. The van der Waals surface area contributed by atoms with Gasteiger partial charge in [-0.15, -0.1) is 11.3 Å². The lowest BCUT2D eigenvalue weighted by atomic mass is 9.88. The Hall–Kier alpha value is -3.76. The fourth-order valence-corrected chi connectivity index (χ4v) is 7.34. The molecule has 4 aromatic carbocycles. The van der Waals surface area contributed by atoms with Gasteiger partial charge in [0.1, 0.15) is 5.69 Å². The summed E-state index contributed by atoms with van der Waals surface area (Å²) < 4.78 is 6.22. The van der Waals surface area contributed by atoms with Gasteiger partial charge in [0, 0.05) is 16.5 Å². The van der Waals surface area contributed by atoms with Crippen molar-refractivity contribution in [1.29, 1.82) is 0 Å². The summed E-state index contributed by atoms with van der Waals surface area (Å²) in [6.07, 6.45) is 0. The van der Waals surface area contributed by atoms with Crippen molar-refractivity contribution in [2.75, 3.05) is 0 Å². The molecule has 6 rings (SSSR count). The van der Waals surface area contributed by atoms with Crippen LogP contribution in [-0.2, 0) is 12.5 Å². The van der Waals surface area contributed by atoms with E-state index in [1.54, 1.807) is 0 Å². The minimum Gasteiger partial charge on any atom is -0.241 e. The summed E-state index contributed by atoms with van der Waals surface area (Å²) in [6, 6.07) is 29.0. The maximum atomic E-state index is 5.13. The zero-order valence-corrected chi connectivity index (χ0v) is 27.2. The first-order chi connectivity index (χ1) is 20.0. The Morgan fingerprint density at radius 3 is 2.02 bits per heavy atom. The molecule has 42 heavy (non-hydrogen) atoms. The Morgan fingerprint density at radius 2 is 1.40 bits per heavy atom. The topological polar surface area (TPSA) is 21.7 Å². The lowest BCUT2D eigenvalue weighted by Crippen LogP contribution is -2.30. The molecule has 0 amide bonds. The molecule has 214 valence electrons. The summed E-state index contributed by atoms with van der Waals surface area (Å²) in [5.74, 6) is 1.89. The van der Waals surface area contributed by atoms with E-state index in [0.29, 0.717) is 11.8 Å². The zero-order chi connectivity index (χ0) is 29.9. The number of thiazole rings is 1. The normalized spacial score (nSPS) is 12.4. The number of fused-ring (bicyclic) bond motifs is 2. The number of rotatable bonds is 5. The molecule has 0 bridgehead atoms. The molecule has 0 saturated carbocycles. The second-order valence-corrected chi connectivity index (χ2v) is 14.3. The van der Waals surface area contributed by atoms with Gasteiger partial charge in [-0.25, -0.2) is 9.55 Å². The standard InChI is InChI=1S/C38H42N3S/c1-23(2)28-21-27(26-15-11-10-12-16-26)22-29(24(3)4)34(28)41-32-18-14-13-17-31(32)40(9)36(41)33-25(5)19-20-30-35(33)42-37(39-30)38(6,7)8/h10-24H,1-9H3/q+1. The number of para-hydroxylation sites is 2. The van der Waals surface area contributed by atoms with Crippen molar-refractivity contribution in [3.05, 3.63) is 101 Å². The van der Waals surface area contributed by atoms with Crippen LogP contribution in [0.5, 0.6) is 0 Å². The lowest BCUT2D eigenvalue weighted by molar-refractivity contribution is -0.633. The Kier molecular flexibility index (Phi) is 7.09. The molecule has 0 atom stereocenters. The van der Waals surface area contributed by atoms with Gasteiger partial charge in [-0.05, 0) is 65.8 Å². The molecule has 6 aromatic rings. The lowest BCUT2D eigenvalue weighted by Gasteiger charge is -2.21. The minimum absolute atomic E-state index is 0.00729. The van der Waals surface area contributed by atoms with Gasteiger partial charge in [-0.2, -0.15) is 4.57 Å². The van der Waals surface area contributed by atoms with Crippen LogP contribution < -0.4 is 4.57 Å². The zero-order valence-electron chi connectivity index (χ0n) is 26.4. The number of aromatic nitrogens is 3. The van der Waals surface area contributed by atoms with Crippen LogP contribution in [0.2, 0.25) is 0 Å². The number of nitrogens with zero attached hydrogens (tertiary/aromatic N) is 3. The van der Waals surface area contributed by atoms with E-state index in [-0.39, 0.29) is 5.41 Å². The summed E-state index contributed by atoms with van der Waals surface area (Å²) in [7, 11) is 2.22. The van der Waals surface area contributed by atoms with Gasteiger partial charge in [0.15, 0.2) is 11.0 Å². The predicted octanol–water partition coefficient (Wildman–Crippen LogP) is 10.3. The number of imidazole rings is 1. The molecule has 2 heterocycles. The summed E-state index contributed by atoms with van der Waals surface area (Å²) in [5.41, 5.74) is 12.6. The van der Waals surface area contributed by atoms with Gasteiger partial charge in [0.2, 0.25) is 0 Å². The van der Waals surface area contributed by atoms with Crippen LogP contribution in [-0.4, -0.2) is 9.55 Å². The molecule has 0 aliphatic heterocycles. The SMILES string of the molecule is Cc1ccc2nc(C(C)(C)C)sc2c1-c1n(-c2c(C(C)C)cc(-c3ccccc3)cc2C(C)C)c2ccccc2[n+]1C. The van der Waals surface area contributed by atoms with Crippen LogP contribution in [0.25, 0.3) is 49.5 Å². The van der Waals surface area contributed by atoms with Crippen LogP contribution in [0, 0.1) is 6.92 Å². The van der Waals surface area contributed by atoms with E-state index in [1.165, 1.54) is 65.6 Å². The van der Waals surface area contributed by atoms with E-state index in [0.717, 1.165) is 5.52 Å². The van der Waals surface area contributed by atoms with Crippen molar-refractivity contribution in [3.8, 4) is 28.2 Å². The minimum atomic E-state index is -0.00729. The van der Waals surface area contributed by atoms with Gasteiger partial charge in [0.25, 0.3) is 5.82 Å². The molecule has 0 saturated heterocycles. The van der Waals surface area contributed by atoms with E-state index in [2.05, 4.69) is 150 Å². The molecule has 0 aliphatic carbocycles. The predicted molar refractivity (Wildman–Crippen MR) is 180 cm³/mol. The Morgan fingerprint density at radius 1 is 0.786 bits per heavy atom. The van der Waals surface area contributed by atoms with Crippen LogP contribution in [0.4, 0.5) is 0 Å². The Balaban J connectivity index is 1.78. The summed E-state index contributed by atoms with van der Waals surface area (Å²) in [5, 5.41) is 1.17. The number of aryl methyl sites for hydroxylation is 2. The average Bonchev–Trinajstić information content (AvgIpc) is 3.52. The van der Waals surface area contributed by atoms with E-state index >= 15 is 0 Å². The third-order valence-corrected chi connectivity index (χ3v) is 9.90. The molecule has 4 heteroatoms. The molecule has 3 nitrogen and oxygen atoms in total. The van der Waals surface area contributed by atoms with Crippen molar-refractivity contribution >= 4 is 32.6 Å². The molecule has 2 aromatic heterocycles. The third kappa shape index (κ3) is 4.66. The quantitative estimate of drug-likeness (QED) is 0.188. The van der Waals surface area contributed by atoms with Gasteiger partial charge in [-0.3, -0.25) is 0 Å². The highest BCUT2D eigenvalue weighted by Gasteiger charge is 2.34. The van der Waals surface area contributed by atoms with E-state index in [9.17, 15) is 0 Å². The Labute approximate surface area is 254 Å². The Bertz CT molecular complexity index is 1900. The molecule has 0 fully saturated rings. The average molecular weight is 573 g/mol. The van der Waals surface area contributed by atoms with Crippen LogP contribution in [0.15, 0.2) is 78.9 Å². The smallest absolute Gasteiger partial charge is 0.241 e. The number of benzene rings is 4. The van der Waals surface area contributed by atoms with E-state index < -0.39 is 0 Å². The maximum Gasteiger partial charge on any atom is 0.296 e. The first-order valence-corrected chi connectivity index (χ1v) is 15.9. The first-order valence-electron chi connectivity index (χ1n) is 15.1. The van der Waals surface area contributed by atoms with Crippen LogP contribution in [0.1, 0.15) is 82.0 Å². The van der Waals surface area contributed by atoms with Crippen molar-refractivity contribution in [3.63, 3.8) is 0 Å². The van der Waals surface area contributed by atoms with Gasteiger partial charge in [-0.1, -0.05) is 97.0 Å². The largest absolute Gasteiger partial charge is 0.296 e. The monoisotopic (exact) mass is 572 g/mol. The highest BCUT2D eigenvalue weighted by molar-refractivity contribution is 7.19. The molecule has 0 spiro atoms. The highest BCUT2D eigenvalue weighted by Crippen LogP contribution is 2.43.